The lowest BCUT2D eigenvalue weighted by atomic mass is 9.97. The zero-order valence-corrected chi connectivity index (χ0v) is 16.7. The van der Waals surface area contributed by atoms with Gasteiger partial charge >= 0.3 is 6.09 Å². The van der Waals surface area contributed by atoms with Crippen molar-refractivity contribution in [2.24, 2.45) is 5.92 Å². The monoisotopic (exact) mass is 379 g/mol. The standard InChI is InChI=1S/C19H29N3O3S/c1-19(2,3)25-18(24)21-12-15-7-10-22(11-8-15)17(23)14-26-13-16-6-4-5-9-20-16/h4-6,9,15H,7-8,10-14H2,1-3H3,(H,21,24). The Balaban J connectivity index is 1.61. The van der Waals surface area contributed by atoms with Gasteiger partial charge in [-0.2, -0.15) is 0 Å². The Morgan fingerprint density at radius 2 is 2.04 bits per heavy atom. The van der Waals surface area contributed by atoms with Crippen LogP contribution in [0.1, 0.15) is 39.3 Å². The molecule has 0 unspecified atom stereocenters. The van der Waals surface area contributed by atoms with Gasteiger partial charge in [0.15, 0.2) is 0 Å². The summed E-state index contributed by atoms with van der Waals surface area (Å²) in [5, 5.41) is 2.83. The fraction of sp³-hybridized carbons (Fsp3) is 0.632. The van der Waals surface area contributed by atoms with Crippen molar-refractivity contribution >= 4 is 23.8 Å². The highest BCUT2D eigenvalue weighted by molar-refractivity contribution is 7.99. The number of likely N-dealkylation sites (tertiary alicyclic amines) is 1. The van der Waals surface area contributed by atoms with E-state index in [1.807, 2.05) is 43.9 Å². The molecule has 7 heteroatoms. The summed E-state index contributed by atoms with van der Waals surface area (Å²) in [7, 11) is 0. The van der Waals surface area contributed by atoms with Gasteiger partial charge in [-0.15, -0.1) is 11.8 Å². The lowest BCUT2D eigenvalue weighted by Gasteiger charge is -2.32. The summed E-state index contributed by atoms with van der Waals surface area (Å²) in [6.45, 7) is 7.66. The maximum atomic E-state index is 12.3. The average Bonchev–Trinajstić information content (AvgIpc) is 2.60. The van der Waals surface area contributed by atoms with E-state index in [4.69, 9.17) is 4.74 Å². The van der Waals surface area contributed by atoms with Crippen LogP contribution in [0.3, 0.4) is 0 Å². The molecular weight excluding hydrogens is 350 g/mol. The van der Waals surface area contributed by atoms with E-state index in [0.29, 0.717) is 18.2 Å². The van der Waals surface area contributed by atoms with Gasteiger partial charge in [-0.25, -0.2) is 4.79 Å². The number of thioether (sulfide) groups is 1. The van der Waals surface area contributed by atoms with Crippen molar-refractivity contribution in [1.82, 2.24) is 15.2 Å². The fourth-order valence-corrected chi connectivity index (χ4v) is 3.59. The molecule has 1 saturated heterocycles. The van der Waals surface area contributed by atoms with E-state index in [1.54, 1.807) is 18.0 Å². The molecule has 0 spiro atoms. The zero-order valence-electron chi connectivity index (χ0n) is 15.9. The number of aromatic nitrogens is 1. The number of hydrogen-bond donors (Lipinski definition) is 1. The molecule has 0 atom stereocenters. The third kappa shape index (κ3) is 7.64. The Morgan fingerprint density at radius 1 is 1.31 bits per heavy atom. The van der Waals surface area contributed by atoms with E-state index < -0.39 is 5.60 Å². The summed E-state index contributed by atoms with van der Waals surface area (Å²) < 4.78 is 5.25. The van der Waals surface area contributed by atoms with Crippen molar-refractivity contribution in [2.75, 3.05) is 25.4 Å². The van der Waals surface area contributed by atoms with E-state index >= 15 is 0 Å². The molecule has 1 aliphatic rings. The van der Waals surface area contributed by atoms with E-state index in [9.17, 15) is 9.59 Å². The van der Waals surface area contributed by atoms with Crippen LogP contribution in [0, 0.1) is 5.92 Å². The number of carbonyl (C=O) groups excluding carboxylic acids is 2. The number of rotatable bonds is 6. The summed E-state index contributed by atoms with van der Waals surface area (Å²) in [6.07, 6.45) is 3.22. The molecule has 0 bridgehead atoms. The molecule has 26 heavy (non-hydrogen) atoms. The van der Waals surface area contributed by atoms with Gasteiger partial charge < -0.3 is 15.0 Å². The Morgan fingerprint density at radius 3 is 2.65 bits per heavy atom. The molecule has 6 nitrogen and oxygen atoms in total. The Bertz CT molecular complexity index is 581. The van der Waals surface area contributed by atoms with E-state index in [-0.39, 0.29) is 12.0 Å². The summed E-state index contributed by atoms with van der Waals surface area (Å²) in [5.41, 5.74) is 0.518. The number of carbonyl (C=O) groups is 2. The first kappa shape index (κ1) is 20.6. The SMILES string of the molecule is CC(C)(C)OC(=O)NCC1CCN(C(=O)CSCc2ccccn2)CC1. The van der Waals surface area contributed by atoms with Crippen LogP contribution in [0.15, 0.2) is 24.4 Å². The first-order valence-corrected chi connectivity index (χ1v) is 10.2. The molecule has 1 aliphatic heterocycles. The van der Waals surface area contributed by atoms with Gasteiger partial charge in [0.1, 0.15) is 5.60 Å². The van der Waals surface area contributed by atoms with Crippen LogP contribution in [-0.2, 0) is 15.3 Å². The largest absolute Gasteiger partial charge is 0.444 e. The summed E-state index contributed by atoms with van der Waals surface area (Å²) in [5.74, 6) is 1.82. The van der Waals surface area contributed by atoms with Crippen LogP contribution < -0.4 is 5.32 Å². The van der Waals surface area contributed by atoms with E-state index in [2.05, 4.69) is 10.3 Å². The van der Waals surface area contributed by atoms with Crippen LogP contribution in [-0.4, -0.2) is 52.9 Å². The van der Waals surface area contributed by atoms with E-state index in [1.165, 1.54) is 0 Å². The van der Waals surface area contributed by atoms with Crippen molar-refractivity contribution in [1.29, 1.82) is 0 Å². The number of nitrogens with one attached hydrogen (secondary N) is 1. The number of hydrogen-bond acceptors (Lipinski definition) is 5. The van der Waals surface area contributed by atoms with Gasteiger partial charge in [0.2, 0.25) is 5.91 Å². The number of pyridine rings is 1. The van der Waals surface area contributed by atoms with Crippen molar-refractivity contribution in [3.8, 4) is 0 Å². The normalized spacial score (nSPS) is 15.6. The van der Waals surface area contributed by atoms with Gasteiger partial charge in [0, 0.05) is 31.6 Å². The molecule has 2 rings (SSSR count). The molecule has 2 amide bonds. The van der Waals surface area contributed by atoms with Gasteiger partial charge in [-0.1, -0.05) is 6.07 Å². The second-order valence-corrected chi connectivity index (χ2v) is 8.51. The third-order valence-corrected chi connectivity index (χ3v) is 5.05. The maximum absolute atomic E-state index is 12.3. The van der Waals surface area contributed by atoms with Crippen molar-refractivity contribution in [3.05, 3.63) is 30.1 Å². The number of amides is 2. The molecule has 0 aromatic carbocycles. The predicted molar refractivity (Wildman–Crippen MR) is 104 cm³/mol. The molecule has 1 fully saturated rings. The van der Waals surface area contributed by atoms with Crippen LogP contribution >= 0.6 is 11.8 Å². The minimum Gasteiger partial charge on any atom is -0.444 e. The molecule has 0 radical (unpaired) electrons. The number of alkyl carbamates (subject to hydrolysis) is 1. The van der Waals surface area contributed by atoms with Crippen molar-refractivity contribution in [3.63, 3.8) is 0 Å². The molecule has 1 N–H and O–H groups in total. The fourth-order valence-electron chi connectivity index (χ4n) is 2.75. The number of ether oxygens (including phenoxy) is 1. The molecule has 2 heterocycles. The number of nitrogens with zero attached hydrogens (tertiary/aromatic N) is 2. The van der Waals surface area contributed by atoms with Crippen LogP contribution in [0.25, 0.3) is 0 Å². The summed E-state index contributed by atoms with van der Waals surface area (Å²) in [6, 6.07) is 5.82. The lowest BCUT2D eigenvalue weighted by molar-refractivity contribution is -0.129. The van der Waals surface area contributed by atoms with Crippen LogP contribution in [0.2, 0.25) is 0 Å². The highest BCUT2D eigenvalue weighted by atomic mass is 32.2. The van der Waals surface area contributed by atoms with Gasteiger partial charge in [0.05, 0.1) is 11.4 Å². The Kier molecular flexibility index (Phi) is 7.75. The summed E-state index contributed by atoms with van der Waals surface area (Å²) in [4.78, 5) is 30.2. The summed E-state index contributed by atoms with van der Waals surface area (Å²) >= 11 is 1.60. The molecular formula is C19H29N3O3S. The highest BCUT2D eigenvalue weighted by Gasteiger charge is 2.24. The zero-order chi connectivity index (χ0) is 19.0. The van der Waals surface area contributed by atoms with Crippen LogP contribution in [0.5, 0.6) is 0 Å². The minimum atomic E-state index is -0.479. The first-order valence-electron chi connectivity index (χ1n) is 9.06. The number of piperidine rings is 1. The maximum Gasteiger partial charge on any atom is 0.407 e. The van der Waals surface area contributed by atoms with Crippen molar-refractivity contribution < 1.29 is 14.3 Å². The Labute approximate surface area is 160 Å². The molecule has 1 aromatic heterocycles. The average molecular weight is 380 g/mol. The second-order valence-electron chi connectivity index (χ2n) is 7.52. The Hall–Kier alpha value is -1.76. The van der Waals surface area contributed by atoms with Gasteiger partial charge in [0.25, 0.3) is 0 Å². The molecule has 1 aromatic rings. The van der Waals surface area contributed by atoms with Crippen molar-refractivity contribution in [2.45, 2.75) is 45.0 Å². The van der Waals surface area contributed by atoms with Crippen LogP contribution in [0.4, 0.5) is 4.79 Å². The molecule has 0 saturated carbocycles. The lowest BCUT2D eigenvalue weighted by Crippen LogP contribution is -2.43. The smallest absolute Gasteiger partial charge is 0.407 e. The second kappa shape index (κ2) is 9.80. The first-order chi connectivity index (χ1) is 12.3. The quantitative estimate of drug-likeness (QED) is 0.822. The predicted octanol–water partition coefficient (Wildman–Crippen LogP) is 3.08. The third-order valence-electron chi connectivity index (χ3n) is 4.10. The molecule has 0 aliphatic carbocycles. The topological polar surface area (TPSA) is 71.5 Å². The van der Waals surface area contributed by atoms with Gasteiger partial charge in [-0.3, -0.25) is 9.78 Å². The highest BCUT2D eigenvalue weighted by Crippen LogP contribution is 2.18. The molecule has 144 valence electrons. The van der Waals surface area contributed by atoms with E-state index in [0.717, 1.165) is 37.4 Å². The van der Waals surface area contributed by atoms with Gasteiger partial charge in [-0.05, 0) is 51.7 Å². The minimum absolute atomic E-state index is 0.185.